The minimum Gasteiger partial charge on any atom is -0.390 e. The van der Waals surface area contributed by atoms with E-state index in [-0.39, 0.29) is 12.3 Å². The van der Waals surface area contributed by atoms with E-state index < -0.39 is 12.2 Å². The number of hydrogen-bond acceptors (Lipinski definition) is 4. The van der Waals surface area contributed by atoms with Crippen LogP contribution in [0.3, 0.4) is 0 Å². The van der Waals surface area contributed by atoms with Crippen LogP contribution in [0.1, 0.15) is 18.4 Å². The van der Waals surface area contributed by atoms with Crippen molar-refractivity contribution in [2.75, 3.05) is 0 Å². The zero-order valence-corrected chi connectivity index (χ0v) is 9.57. The van der Waals surface area contributed by atoms with Crippen molar-refractivity contribution in [2.24, 2.45) is 11.7 Å². The molecule has 3 atom stereocenters. The number of primary amides is 1. The SMILES string of the molecule is NC=O.OC1CCC(Cc2ccncc2)C1O. The summed E-state index contributed by atoms with van der Waals surface area (Å²) in [6, 6.07) is 3.91. The van der Waals surface area contributed by atoms with E-state index in [2.05, 4.69) is 10.7 Å². The molecule has 3 unspecified atom stereocenters. The van der Waals surface area contributed by atoms with Crippen molar-refractivity contribution in [3.8, 4) is 0 Å². The molecule has 1 heterocycles. The maximum atomic E-state index is 9.65. The van der Waals surface area contributed by atoms with Crippen molar-refractivity contribution in [3.63, 3.8) is 0 Å². The summed E-state index contributed by atoms with van der Waals surface area (Å²) in [7, 11) is 0. The fraction of sp³-hybridized carbons (Fsp3) is 0.500. The number of nitrogens with zero attached hydrogens (tertiary/aromatic N) is 1. The summed E-state index contributed by atoms with van der Waals surface area (Å²) in [6.45, 7) is 0. The number of aliphatic hydroxyl groups excluding tert-OH is 2. The molecule has 1 aliphatic rings. The Labute approximate surface area is 100 Å². The molecule has 5 heteroatoms. The summed E-state index contributed by atoms with van der Waals surface area (Å²) >= 11 is 0. The van der Waals surface area contributed by atoms with Crippen molar-refractivity contribution in [1.29, 1.82) is 0 Å². The number of aliphatic hydroxyl groups is 2. The lowest BCUT2D eigenvalue weighted by atomic mass is 9.97. The minimum absolute atomic E-state index is 0.201. The number of nitrogens with two attached hydrogens (primary N) is 1. The van der Waals surface area contributed by atoms with Crippen LogP contribution in [0.4, 0.5) is 0 Å². The first-order valence-corrected chi connectivity index (χ1v) is 5.59. The lowest BCUT2D eigenvalue weighted by Gasteiger charge is -2.15. The maximum absolute atomic E-state index is 9.65. The van der Waals surface area contributed by atoms with Crippen molar-refractivity contribution in [3.05, 3.63) is 30.1 Å². The van der Waals surface area contributed by atoms with E-state index in [1.165, 1.54) is 5.56 Å². The van der Waals surface area contributed by atoms with Crippen LogP contribution in [0.2, 0.25) is 0 Å². The third kappa shape index (κ3) is 4.13. The largest absolute Gasteiger partial charge is 0.390 e. The van der Waals surface area contributed by atoms with E-state index in [0.717, 1.165) is 19.3 Å². The van der Waals surface area contributed by atoms with Crippen LogP contribution >= 0.6 is 0 Å². The molecular formula is C12H18N2O3. The second kappa shape index (κ2) is 6.98. The number of carbonyl (C=O) groups excluding carboxylic acids is 1. The number of amides is 1. The quantitative estimate of drug-likeness (QED) is 0.625. The average Bonchev–Trinajstić information content (AvgIpc) is 2.64. The predicted octanol–water partition coefficient (Wildman–Crippen LogP) is -0.143. The predicted molar refractivity (Wildman–Crippen MR) is 62.9 cm³/mol. The smallest absolute Gasteiger partial charge is 0.204 e. The Bertz CT molecular complexity index is 332. The van der Waals surface area contributed by atoms with Gasteiger partial charge in [0.1, 0.15) is 0 Å². The molecule has 94 valence electrons. The molecule has 4 N–H and O–H groups in total. The Hall–Kier alpha value is -1.46. The van der Waals surface area contributed by atoms with E-state index in [1.807, 2.05) is 12.1 Å². The highest BCUT2D eigenvalue weighted by Gasteiger charge is 2.32. The van der Waals surface area contributed by atoms with Crippen molar-refractivity contribution >= 4 is 6.41 Å². The van der Waals surface area contributed by atoms with E-state index in [0.29, 0.717) is 0 Å². The summed E-state index contributed by atoms with van der Waals surface area (Å²) in [5, 5.41) is 19.0. The molecule has 1 fully saturated rings. The fourth-order valence-electron chi connectivity index (χ4n) is 2.08. The van der Waals surface area contributed by atoms with Gasteiger partial charge in [0.15, 0.2) is 0 Å². The van der Waals surface area contributed by atoms with Crippen molar-refractivity contribution < 1.29 is 15.0 Å². The van der Waals surface area contributed by atoms with Gasteiger partial charge in [-0.1, -0.05) is 0 Å². The van der Waals surface area contributed by atoms with Gasteiger partial charge in [0.2, 0.25) is 6.41 Å². The lowest BCUT2D eigenvalue weighted by molar-refractivity contribution is -0.106. The average molecular weight is 238 g/mol. The number of pyridine rings is 1. The number of hydrogen-bond donors (Lipinski definition) is 3. The topological polar surface area (TPSA) is 96.4 Å². The van der Waals surface area contributed by atoms with Crippen LogP contribution in [-0.2, 0) is 11.2 Å². The Morgan fingerprint density at radius 2 is 1.94 bits per heavy atom. The second-order valence-electron chi connectivity index (χ2n) is 4.09. The van der Waals surface area contributed by atoms with E-state index in [4.69, 9.17) is 4.79 Å². The summed E-state index contributed by atoms with van der Waals surface area (Å²) in [4.78, 5) is 12.5. The maximum Gasteiger partial charge on any atom is 0.204 e. The summed E-state index contributed by atoms with van der Waals surface area (Å²) in [6.07, 6.45) is 5.15. The van der Waals surface area contributed by atoms with Crippen molar-refractivity contribution in [2.45, 2.75) is 31.5 Å². The van der Waals surface area contributed by atoms with Gasteiger partial charge in [0, 0.05) is 12.4 Å². The first-order valence-electron chi connectivity index (χ1n) is 5.59. The standard InChI is InChI=1S/C11H15NO2.CH3NO/c13-10-2-1-9(11(10)14)7-8-3-5-12-6-4-8;2-1-3/h3-6,9-11,13-14H,1-2,7H2;1H,(H2,2,3). The van der Waals surface area contributed by atoms with Crippen LogP contribution in [0.5, 0.6) is 0 Å². The molecule has 0 saturated heterocycles. The first kappa shape index (κ1) is 13.6. The Morgan fingerprint density at radius 1 is 1.35 bits per heavy atom. The zero-order valence-electron chi connectivity index (χ0n) is 9.57. The molecule has 2 rings (SSSR count). The highest BCUT2D eigenvalue weighted by molar-refractivity contribution is 5.42. The van der Waals surface area contributed by atoms with Gasteiger partial charge in [-0.2, -0.15) is 0 Å². The third-order valence-corrected chi connectivity index (χ3v) is 2.96. The monoisotopic (exact) mass is 238 g/mol. The van der Waals surface area contributed by atoms with Gasteiger partial charge >= 0.3 is 0 Å². The molecule has 1 aliphatic carbocycles. The molecule has 5 nitrogen and oxygen atoms in total. The molecule has 1 amide bonds. The summed E-state index contributed by atoms with van der Waals surface area (Å²) < 4.78 is 0. The van der Waals surface area contributed by atoms with E-state index in [1.54, 1.807) is 12.4 Å². The van der Waals surface area contributed by atoms with Crippen LogP contribution in [0.15, 0.2) is 24.5 Å². The fourth-order valence-corrected chi connectivity index (χ4v) is 2.08. The lowest BCUT2D eigenvalue weighted by Crippen LogP contribution is -2.26. The Kier molecular flexibility index (Phi) is 5.59. The van der Waals surface area contributed by atoms with Crippen LogP contribution in [0, 0.1) is 5.92 Å². The normalized spacial score (nSPS) is 27.1. The minimum atomic E-state index is -0.553. The molecule has 1 aromatic rings. The van der Waals surface area contributed by atoms with Gasteiger partial charge in [-0.05, 0) is 42.9 Å². The van der Waals surface area contributed by atoms with Crippen molar-refractivity contribution in [1.82, 2.24) is 4.98 Å². The summed E-state index contributed by atoms with van der Waals surface area (Å²) in [5.74, 6) is 0.201. The molecular weight excluding hydrogens is 220 g/mol. The van der Waals surface area contributed by atoms with Gasteiger partial charge in [-0.3, -0.25) is 9.78 Å². The Balaban J connectivity index is 0.000000437. The second-order valence-corrected chi connectivity index (χ2v) is 4.09. The Morgan fingerprint density at radius 3 is 2.41 bits per heavy atom. The van der Waals surface area contributed by atoms with Crippen LogP contribution < -0.4 is 5.73 Å². The third-order valence-electron chi connectivity index (χ3n) is 2.96. The molecule has 0 aromatic carbocycles. The van der Waals surface area contributed by atoms with Gasteiger partial charge in [0.25, 0.3) is 0 Å². The first-order chi connectivity index (χ1) is 8.19. The number of carbonyl (C=O) groups is 1. The molecule has 0 bridgehead atoms. The summed E-state index contributed by atoms with van der Waals surface area (Å²) in [5.41, 5.74) is 5.35. The molecule has 0 spiro atoms. The van der Waals surface area contributed by atoms with E-state index >= 15 is 0 Å². The molecule has 17 heavy (non-hydrogen) atoms. The van der Waals surface area contributed by atoms with Gasteiger partial charge in [-0.25, -0.2) is 0 Å². The molecule has 1 aromatic heterocycles. The highest BCUT2D eigenvalue weighted by Crippen LogP contribution is 2.28. The van der Waals surface area contributed by atoms with E-state index in [9.17, 15) is 10.2 Å². The van der Waals surface area contributed by atoms with Gasteiger partial charge in [-0.15, -0.1) is 0 Å². The molecule has 0 aliphatic heterocycles. The molecule has 0 radical (unpaired) electrons. The van der Waals surface area contributed by atoms with Gasteiger partial charge < -0.3 is 15.9 Å². The highest BCUT2D eigenvalue weighted by atomic mass is 16.3. The zero-order chi connectivity index (χ0) is 12.7. The number of aromatic nitrogens is 1. The molecule has 1 saturated carbocycles. The van der Waals surface area contributed by atoms with Gasteiger partial charge in [0.05, 0.1) is 12.2 Å². The number of rotatable bonds is 2. The van der Waals surface area contributed by atoms with Crippen LogP contribution in [0.25, 0.3) is 0 Å². The van der Waals surface area contributed by atoms with Crippen LogP contribution in [-0.4, -0.2) is 33.8 Å².